The summed E-state index contributed by atoms with van der Waals surface area (Å²) in [4.78, 5) is 4.00. The molecule has 0 spiro atoms. The highest BCUT2D eigenvalue weighted by Gasteiger charge is 2.39. The predicted molar refractivity (Wildman–Crippen MR) is 79.5 cm³/mol. The number of hydrogen-bond donors (Lipinski definition) is 2. The predicted octanol–water partition coefficient (Wildman–Crippen LogP) is 3.76. The van der Waals surface area contributed by atoms with Crippen LogP contribution in [0.2, 0.25) is 0 Å². The number of pyridine rings is 1. The Morgan fingerprint density at radius 2 is 1.86 bits per heavy atom. The molecule has 0 bridgehead atoms. The molecule has 2 unspecified atom stereocenters. The molecule has 1 aromatic heterocycles. The van der Waals surface area contributed by atoms with Gasteiger partial charge in [-0.3, -0.25) is 0 Å². The number of benzene rings is 1. The molecule has 1 aromatic carbocycles. The Labute approximate surface area is 122 Å². The van der Waals surface area contributed by atoms with Gasteiger partial charge in [0.2, 0.25) is 0 Å². The first-order chi connectivity index (χ1) is 10.2. The van der Waals surface area contributed by atoms with E-state index >= 15 is 0 Å². The van der Waals surface area contributed by atoms with Crippen molar-refractivity contribution in [2.75, 3.05) is 17.2 Å². The van der Waals surface area contributed by atoms with Crippen LogP contribution in [0.1, 0.15) is 24.8 Å². The molecule has 2 N–H and O–H groups in total. The first-order valence-electron chi connectivity index (χ1n) is 7.10. The number of aromatic nitrogens is 1. The second kappa shape index (κ2) is 5.68. The van der Waals surface area contributed by atoms with Crippen molar-refractivity contribution in [1.29, 1.82) is 0 Å². The third kappa shape index (κ3) is 2.96. The molecule has 2 aromatic rings. The fourth-order valence-corrected chi connectivity index (χ4v) is 2.46. The van der Waals surface area contributed by atoms with Crippen LogP contribution in [0.3, 0.4) is 0 Å². The smallest absolute Gasteiger partial charge is 0.168 e. The Balaban J connectivity index is 1.73. The summed E-state index contributed by atoms with van der Waals surface area (Å²) in [6.07, 6.45) is 0.930. The van der Waals surface area contributed by atoms with Gasteiger partial charge >= 0.3 is 0 Å². The van der Waals surface area contributed by atoms with Gasteiger partial charge in [-0.15, -0.1) is 0 Å². The first-order valence-corrected chi connectivity index (χ1v) is 7.10. The van der Waals surface area contributed by atoms with Crippen LogP contribution in [0.5, 0.6) is 0 Å². The van der Waals surface area contributed by atoms with Gasteiger partial charge in [-0.1, -0.05) is 30.3 Å². The minimum atomic E-state index is -0.671. The molecule has 0 saturated heterocycles. The third-order valence-electron chi connectivity index (χ3n) is 3.61. The Morgan fingerprint density at radius 1 is 1.14 bits per heavy atom. The molecular weight excluding hydrogens is 272 g/mol. The molecule has 110 valence electrons. The zero-order valence-corrected chi connectivity index (χ0v) is 11.7. The highest BCUT2D eigenvalue weighted by atomic mass is 19.1. The second-order valence-corrected chi connectivity index (χ2v) is 5.18. The van der Waals surface area contributed by atoms with Crippen molar-refractivity contribution >= 4 is 11.6 Å². The molecule has 1 aliphatic carbocycles. The van der Waals surface area contributed by atoms with E-state index in [2.05, 4.69) is 27.8 Å². The van der Waals surface area contributed by atoms with E-state index in [0.717, 1.165) is 12.5 Å². The van der Waals surface area contributed by atoms with Crippen LogP contribution >= 0.6 is 0 Å². The number of halogens is 2. The van der Waals surface area contributed by atoms with Crippen LogP contribution in [-0.2, 0) is 0 Å². The summed E-state index contributed by atoms with van der Waals surface area (Å²) < 4.78 is 27.3. The van der Waals surface area contributed by atoms with Crippen molar-refractivity contribution in [1.82, 2.24) is 4.98 Å². The van der Waals surface area contributed by atoms with E-state index in [9.17, 15) is 8.78 Å². The van der Waals surface area contributed by atoms with Crippen molar-refractivity contribution in [3.05, 3.63) is 53.6 Å². The van der Waals surface area contributed by atoms with Gasteiger partial charge in [0, 0.05) is 24.6 Å². The monoisotopic (exact) mass is 289 g/mol. The summed E-state index contributed by atoms with van der Waals surface area (Å²) in [6.45, 7) is 2.37. The van der Waals surface area contributed by atoms with Crippen molar-refractivity contribution in [3.8, 4) is 0 Å². The minimum Gasteiger partial charge on any atom is -0.368 e. The van der Waals surface area contributed by atoms with Crippen LogP contribution in [0.25, 0.3) is 0 Å². The molecule has 3 rings (SSSR count). The maximum atomic E-state index is 13.8. The van der Waals surface area contributed by atoms with Crippen molar-refractivity contribution in [2.45, 2.75) is 25.3 Å². The fourth-order valence-electron chi connectivity index (χ4n) is 2.46. The summed E-state index contributed by atoms with van der Waals surface area (Å²) in [7, 11) is 0. The van der Waals surface area contributed by atoms with E-state index in [1.165, 1.54) is 5.56 Å². The third-order valence-corrected chi connectivity index (χ3v) is 3.61. The molecule has 0 amide bonds. The number of rotatable bonds is 5. The van der Waals surface area contributed by atoms with Gasteiger partial charge in [0.05, 0.1) is 0 Å². The Kier molecular flexibility index (Phi) is 3.73. The van der Waals surface area contributed by atoms with Crippen molar-refractivity contribution in [2.24, 2.45) is 0 Å². The lowest BCUT2D eigenvalue weighted by molar-refractivity contribution is 0.578. The molecule has 0 aliphatic heterocycles. The standard InChI is InChI=1S/C16H17F2N3/c1-2-19-15-12(17)9-13(18)16(21-15)20-14-8-11(14)10-6-4-3-5-7-10/h3-7,9,11,14H,2,8H2,1H3,(H2,19,20,21). The van der Waals surface area contributed by atoms with Crippen molar-refractivity contribution < 1.29 is 8.78 Å². The summed E-state index contributed by atoms with van der Waals surface area (Å²) in [6, 6.07) is 11.1. The lowest BCUT2D eigenvalue weighted by Crippen LogP contribution is -2.11. The largest absolute Gasteiger partial charge is 0.368 e. The van der Waals surface area contributed by atoms with Gasteiger partial charge in [-0.2, -0.15) is 0 Å². The lowest BCUT2D eigenvalue weighted by Gasteiger charge is -2.10. The highest BCUT2D eigenvalue weighted by molar-refractivity contribution is 5.50. The first kappa shape index (κ1) is 13.8. The van der Waals surface area contributed by atoms with Gasteiger partial charge in [-0.25, -0.2) is 13.8 Å². The molecule has 1 saturated carbocycles. The number of hydrogen-bond acceptors (Lipinski definition) is 3. The zero-order chi connectivity index (χ0) is 14.8. The number of anilines is 2. The van der Waals surface area contributed by atoms with Crippen LogP contribution < -0.4 is 10.6 Å². The van der Waals surface area contributed by atoms with E-state index in [1.54, 1.807) is 0 Å². The van der Waals surface area contributed by atoms with Crippen molar-refractivity contribution in [3.63, 3.8) is 0 Å². The van der Waals surface area contributed by atoms with Crippen LogP contribution in [-0.4, -0.2) is 17.6 Å². The Morgan fingerprint density at radius 3 is 2.57 bits per heavy atom. The van der Waals surface area contributed by atoms with E-state index in [-0.39, 0.29) is 17.7 Å². The van der Waals surface area contributed by atoms with E-state index in [1.807, 2.05) is 25.1 Å². The quantitative estimate of drug-likeness (QED) is 0.880. The number of nitrogens with zero attached hydrogens (tertiary/aromatic N) is 1. The zero-order valence-electron chi connectivity index (χ0n) is 11.7. The lowest BCUT2D eigenvalue weighted by atomic mass is 10.1. The molecule has 2 atom stereocenters. The Bertz CT molecular complexity index is 631. The molecule has 1 aliphatic rings. The second-order valence-electron chi connectivity index (χ2n) is 5.18. The maximum Gasteiger partial charge on any atom is 0.168 e. The highest BCUT2D eigenvalue weighted by Crippen LogP contribution is 2.42. The topological polar surface area (TPSA) is 37.0 Å². The summed E-state index contributed by atoms with van der Waals surface area (Å²) in [5, 5.41) is 5.85. The molecule has 0 radical (unpaired) electrons. The summed E-state index contributed by atoms with van der Waals surface area (Å²) in [5.74, 6) is -0.780. The minimum absolute atomic E-state index is 0.0818. The van der Waals surface area contributed by atoms with Gasteiger partial charge in [0.25, 0.3) is 0 Å². The molecule has 3 nitrogen and oxygen atoms in total. The maximum absolute atomic E-state index is 13.8. The molecule has 1 fully saturated rings. The van der Waals surface area contributed by atoms with Crippen LogP contribution in [0.15, 0.2) is 36.4 Å². The Hall–Kier alpha value is -2.17. The van der Waals surface area contributed by atoms with E-state index in [0.29, 0.717) is 12.5 Å². The molecule has 1 heterocycles. The van der Waals surface area contributed by atoms with E-state index < -0.39 is 11.6 Å². The average Bonchev–Trinajstić information content (AvgIpc) is 3.24. The van der Waals surface area contributed by atoms with Gasteiger partial charge in [0.1, 0.15) is 0 Å². The normalized spacial score (nSPS) is 20.1. The average molecular weight is 289 g/mol. The van der Waals surface area contributed by atoms with E-state index in [4.69, 9.17) is 0 Å². The SMILES string of the molecule is CCNc1nc(NC2CC2c2ccccc2)c(F)cc1F. The molecule has 5 heteroatoms. The summed E-state index contributed by atoms with van der Waals surface area (Å²) >= 11 is 0. The fraction of sp³-hybridized carbons (Fsp3) is 0.312. The molecular formula is C16H17F2N3. The van der Waals surface area contributed by atoms with Gasteiger partial charge < -0.3 is 10.6 Å². The van der Waals surface area contributed by atoms with Gasteiger partial charge in [-0.05, 0) is 18.9 Å². The van der Waals surface area contributed by atoms with Crippen LogP contribution in [0, 0.1) is 11.6 Å². The van der Waals surface area contributed by atoms with Crippen LogP contribution in [0.4, 0.5) is 20.4 Å². The molecule has 21 heavy (non-hydrogen) atoms. The number of nitrogens with one attached hydrogen (secondary N) is 2. The summed E-state index contributed by atoms with van der Waals surface area (Å²) in [5.41, 5.74) is 1.23. The van der Waals surface area contributed by atoms with Gasteiger partial charge in [0.15, 0.2) is 23.3 Å².